The topological polar surface area (TPSA) is 38.7 Å². The predicted molar refractivity (Wildman–Crippen MR) is 168 cm³/mol. The Morgan fingerprint density at radius 3 is 1.54 bits per heavy atom. The lowest BCUT2D eigenvalue weighted by Gasteiger charge is -2.33. The van der Waals surface area contributed by atoms with E-state index in [0.717, 1.165) is 16.4 Å². The molecule has 0 saturated carbocycles. The van der Waals surface area contributed by atoms with E-state index in [1.54, 1.807) is 0 Å². The third kappa shape index (κ3) is 5.75. The molecule has 1 fully saturated rings. The van der Waals surface area contributed by atoms with Crippen molar-refractivity contribution in [2.75, 3.05) is 13.2 Å². The average molecular weight is 548 g/mol. The average Bonchev–Trinajstić information content (AvgIpc) is 3.25. The van der Waals surface area contributed by atoms with E-state index in [1.807, 2.05) is 0 Å². The van der Waals surface area contributed by atoms with Gasteiger partial charge in [-0.1, -0.05) is 110 Å². The van der Waals surface area contributed by atoms with Gasteiger partial charge in [-0.05, 0) is 82.0 Å². The van der Waals surface area contributed by atoms with Gasteiger partial charge >= 0.3 is 7.94 Å². The van der Waals surface area contributed by atoms with Gasteiger partial charge in [0.2, 0.25) is 0 Å². The first-order chi connectivity index (χ1) is 17.8. The second-order valence-corrected chi connectivity index (χ2v) is 16.4. The molecule has 4 heteroatoms. The summed E-state index contributed by atoms with van der Waals surface area (Å²) in [4.78, 5) is 12.0. The lowest BCUT2D eigenvalue weighted by atomic mass is 9.73. The fraction of sp³-hybridized carbons (Fsp3) is 0.486. The first-order valence-electron chi connectivity index (χ1n) is 14.2. The van der Waals surface area contributed by atoms with E-state index >= 15 is 0 Å². The van der Waals surface area contributed by atoms with Crippen molar-refractivity contribution in [3.63, 3.8) is 0 Å². The standard InChI is InChI=1S/C35H48O3P/c1-22-13-15-25(28(19-22)33(4,5)6)27-21-30(39(36)37-17-18-38-39)32(35(10,11)12)31(24(27)3)26-16-14-23(2)20-29(26)34(7,8)9/h13-16,19-21,36H,17-18H2,1-12H3/q+1. The van der Waals surface area contributed by atoms with Crippen molar-refractivity contribution >= 4 is 13.2 Å². The molecule has 3 nitrogen and oxygen atoms in total. The molecule has 1 heterocycles. The van der Waals surface area contributed by atoms with Gasteiger partial charge in [0.05, 0.1) is 0 Å². The van der Waals surface area contributed by atoms with Crippen molar-refractivity contribution in [3.05, 3.63) is 75.8 Å². The van der Waals surface area contributed by atoms with Gasteiger partial charge < -0.3 is 0 Å². The van der Waals surface area contributed by atoms with Gasteiger partial charge in [-0.2, -0.15) is 13.9 Å². The molecule has 0 radical (unpaired) electrons. The SMILES string of the molecule is Cc1ccc(-c2cc([P+]3(O)OCCO3)c(C(C)(C)C)c(-c3ccc(C)cc3C(C)(C)C)c2C)c(C(C)(C)C)c1. The lowest BCUT2D eigenvalue weighted by Crippen LogP contribution is -2.28. The van der Waals surface area contributed by atoms with Crippen LogP contribution in [-0.2, 0) is 25.3 Å². The van der Waals surface area contributed by atoms with Gasteiger partial charge in [0.25, 0.3) is 0 Å². The quantitative estimate of drug-likeness (QED) is 0.332. The van der Waals surface area contributed by atoms with E-state index in [-0.39, 0.29) is 16.2 Å². The Hall–Kier alpha value is -2.03. The highest BCUT2D eigenvalue weighted by atomic mass is 31.2. The van der Waals surface area contributed by atoms with Crippen molar-refractivity contribution in [1.82, 2.24) is 0 Å². The summed E-state index contributed by atoms with van der Waals surface area (Å²) in [5, 5.41) is 0.809. The van der Waals surface area contributed by atoms with Crippen LogP contribution in [0.5, 0.6) is 0 Å². The summed E-state index contributed by atoms with van der Waals surface area (Å²) in [5.41, 5.74) is 11.8. The van der Waals surface area contributed by atoms with Gasteiger partial charge in [0.1, 0.15) is 13.2 Å². The molecule has 1 aliphatic heterocycles. The van der Waals surface area contributed by atoms with Crippen LogP contribution in [0, 0.1) is 20.8 Å². The molecule has 1 saturated heterocycles. The Morgan fingerprint density at radius 2 is 1.08 bits per heavy atom. The molecule has 0 spiro atoms. The van der Waals surface area contributed by atoms with Crippen LogP contribution < -0.4 is 5.30 Å². The third-order valence-corrected chi connectivity index (χ3v) is 9.79. The minimum atomic E-state index is -3.25. The molecule has 0 bridgehead atoms. The second kappa shape index (κ2) is 10.1. The molecule has 0 aliphatic carbocycles. The summed E-state index contributed by atoms with van der Waals surface area (Å²) >= 11 is 0. The van der Waals surface area contributed by atoms with Crippen LogP contribution in [0.2, 0.25) is 0 Å². The predicted octanol–water partition coefficient (Wildman–Crippen LogP) is 9.27. The van der Waals surface area contributed by atoms with Gasteiger partial charge in [0.15, 0.2) is 5.30 Å². The molecule has 1 N–H and O–H groups in total. The molecular formula is C35H48O3P+. The van der Waals surface area contributed by atoms with Crippen LogP contribution in [0.25, 0.3) is 22.3 Å². The summed E-state index contributed by atoms with van der Waals surface area (Å²) in [5.74, 6) is 0. The highest BCUT2D eigenvalue weighted by Crippen LogP contribution is 2.62. The van der Waals surface area contributed by atoms with E-state index in [1.165, 1.54) is 44.5 Å². The first-order valence-corrected chi connectivity index (χ1v) is 15.7. The Kier molecular flexibility index (Phi) is 7.76. The molecule has 0 unspecified atom stereocenters. The molecule has 39 heavy (non-hydrogen) atoms. The maximum atomic E-state index is 12.0. The minimum absolute atomic E-state index is 0.0519. The summed E-state index contributed by atoms with van der Waals surface area (Å²) < 4.78 is 12.1. The number of rotatable bonds is 3. The number of hydrogen-bond donors (Lipinski definition) is 1. The molecule has 4 rings (SSSR count). The van der Waals surface area contributed by atoms with Crippen LogP contribution >= 0.6 is 7.94 Å². The van der Waals surface area contributed by atoms with Gasteiger partial charge in [-0.3, -0.25) is 0 Å². The van der Waals surface area contributed by atoms with Gasteiger partial charge in [0, 0.05) is 5.56 Å². The van der Waals surface area contributed by atoms with E-state index in [9.17, 15) is 4.89 Å². The zero-order valence-corrected chi connectivity index (χ0v) is 27.1. The summed E-state index contributed by atoms with van der Waals surface area (Å²) in [6.07, 6.45) is 0. The Labute approximate surface area is 237 Å². The lowest BCUT2D eigenvalue weighted by molar-refractivity contribution is 0.326. The maximum absolute atomic E-state index is 12.0. The normalized spacial score (nSPS) is 16.1. The molecular weight excluding hydrogens is 499 g/mol. The van der Waals surface area contributed by atoms with Gasteiger partial charge in [-0.15, -0.1) is 0 Å². The molecule has 3 aromatic rings. The highest BCUT2D eigenvalue weighted by Gasteiger charge is 2.53. The zero-order chi connectivity index (χ0) is 29.1. The first kappa shape index (κ1) is 29.9. The Bertz CT molecular complexity index is 1390. The summed E-state index contributed by atoms with van der Waals surface area (Å²) in [6, 6.07) is 15.8. The van der Waals surface area contributed by atoms with Crippen molar-refractivity contribution in [2.24, 2.45) is 0 Å². The fourth-order valence-corrected chi connectivity index (χ4v) is 7.89. The number of aryl methyl sites for hydroxylation is 2. The van der Waals surface area contributed by atoms with E-state index in [2.05, 4.69) is 126 Å². The van der Waals surface area contributed by atoms with E-state index in [0.29, 0.717) is 13.2 Å². The van der Waals surface area contributed by atoms with Crippen LogP contribution in [0.1, 0.15) is 95.7 Å². The second-order valence-electron chi connectivity index (χ2n) is 14.4. The smallest absolute Gasteiger partial charge is 0.188 e. The van der Waals surface area contributed by atoms with E-state index in [4.69, 9.17) is 9.05 Å². The van der Waals surface area contributed by atoms with Crippen LogP contribution in [0.4, 0.5) is 0 Å². The summed E-state index contributed by atoms with van der Waals surface area (Å²) in [7, 11) is -3.25. The number of hydrogen-bond acceptors (Lipinski definition) is 3. The van der Waals surface area contributed by atoms with Crippen LogP contribution in [0.3, 0.4) is 0 Å². The van der Waals surface area contributed by atoms with Crippen molar-refractivity contribution in [1.29, 1.82) is 0 Å². The van der Waals surface area contributed by atoms with Crippen molar-refractivity contribution in [2.45, 2.75) is 99.3 Å². The molecule has 210 valence electrons. The molecule has 0 atom stereocenters. The highest BCUT2D eigenvalue weighted by molar-refractivity contribution is 7.68. The molecule has 0 amide bonds. The molecule has 3 aromatic carbocycles. The maximum Gasteiger partial charge on any atom is 0.446 e. The molecule has 0 aromatic heterocycles. The van der Waals surface area contributed by atoms with Crippen LogP contribution in [0.15, 0.2) is 42.5 Å². The van der Waals surface area contributed by atoms with Crippen molar-refractivity contribution < 1.29 is 13.9 Å². The fourth-order valence-electron chi connectivity index (χ4n) is 5.87. The van der Waals surface area contributed by atoms with Crippen molar-refractivity contribution in [3.8, 4) is 22.3 Å². The Morgan fingerprint density at radius 1 is 0.615 bits per heavy atom. The van der Waals surface area contributed by atoms with E-state index < -0.39 is 7.94 Å². The number of benzene rings is 3. The monoisotopic (exact) mass is 547 g/mol. The third-order valence-electron chi connectivity index (χ3n) is 7.76. The van der Waals surface area contributed by atoms with Gasteiger partial charge in [-0.25, -0.2) is 0 Å². The molecule has 1 aliphatic rings. The largest absolute Gasteiger partial charge is 0.446 e. The van der Waals surface area contributed by atoms with Crippen LogP contribution in [-0.4, -0.2) is 18.1 Å². The summed E-state index contributed by atoms with van der Waals surface area (Å²) in [6.45, 7) is 27.7. The Balaban J connectivity index is 2.25. The zero-order valence-electron chi connectivity index (χ0n) is 26.2. The minimum Gasteiger partial charge on any atom is -0.188 e.